The Bertz CT molecular complexity index is 1330. The lowest BCUT2D eigenvalue weighted by molar-refractivity contribution is 0.0929. The van der Waals surface area contributed by atoms with E-state index in [0.29, 0.717) is 28.1 Å². The number of aromatic nitrogens is 1. The van der Waals surface area contributed by atoms with Gasteiger partial charge in [0.25, 0.3) is 11.8 Å². The molecule has 7 nitrogen and oxygen atoms in total. The maximum atomic E-state index is 13.1. The summed E-state index contributed by atoms with van der Waals surface area (Å²) in [6, 6.07) is 17.1. The average molecular weight is 547 g/mol. The zero-order valence-corrected chi connectivity index (χ0v) is 23.4. The third-order valence-corrected chi connectivity index (χ3v) is 8.39. The second-order valence-corrected chi connectivity index (χ2v) is 11.0. The zero-order chi connectivity index (χ0) is 27.5. The highest BCUT2D eigenvalue weighted by molar-refractivity contribution is 6.30. The smallest absolute Gasteiger partial charge is 0.253 e. The molecule has 39 heavy (non-hydrogen) atoms. The number of rotatable bonds is 7. The van der Waals surface area contributed by atoms with Crippen LogP contribution in [-0.4, -0.2) is 42.5 Å². The lowest BCUT2D eigenvalue weighted by Crippen LogP contribution is -2.43. The average Bonchev–Trinajstić information content (AvgIpc) is 3.36. The van der Waals surface area contributed by atoms with E-state index in [4.69, 9.17) is 16.3 Å². The molecule has 1 aromatic heterocycles. The number of fused-ring (bicyclic) bond motifs is 1. The van der Waals surface area contributed by atoms with E-state index < -0.39 is 0 Å². The molecule has 204 valence electrons. The lowest BCUT2D eigenvalue weighted by atomic mass is 9.92. The van der Waals surface area contributed by atoms with Gasteiger partial charge in [-0.3, -0.25) is 9.59 Å². The predicted octanol–water partition coefficient (Wildman–Crippen LogP) is 5.72. The van der Waals surface area contributed by atoms with Gasteiger partial charge in [0.05, 0.1) is 18.7 Å². The SMILES string of the molecule is COc1cccc(C(=O)NC2CC3CCCN(c4ccc(C(=O)N[C@@H](C)c5ccc(Cl)cc5)cn4)C3C2)c1C. The Labute approximate surface area is 234 Å². The first-order chi connectivity index (χ1) is 18.8. The monoisotopic (exact) mass is 546 g/mol. The standard InChI is InChI=1S/C31H35ClN4O3/c1-19-26(7-4-8-28(19)39-3)31(38)35-25-16-22-6-5-15-36(27(22)17-25)29-14-11-23(18-33-29)30(37)34-20(2)21-9-12-24(32)13-10-21/h4,7-14,18,20,22,25,27H,5-6,15-17H2,1-3H3,(H,34,37)(H,35,38)/t20-,22?,25?,27?/m0/s1. The minimum Gasteiger partial charge on any atom is -0.496 e. The zero-order valence-electron chi connectivity index (χ0n) is 22.6. The molecule has 2 N–H and O–H groups in total. The van der Waals surface area contributed by atoms with Crippen LogP contribution in [0.1, 0.15) is 70.5 Å². The summed E-state index contributed by atoms with van der Waals surface area (Å²) in [7, 11) is 1.62. The van der Waals surface area contributed by atoms with Crippen LogP contribution in [0.25, 0.3) is 0 Å². The largest absolute Gasteiger partial charge is 0.496 e. The third-order valence-electron chi connectivity index (χ3n) is 8.14. The van der Waals surface area contributed by atoms with Gasteiger partial charge in [-0.05, 0) is 87.4 Å². The highest BCUT2D eigenvalue weighted by atomic mass is 35.5. The summed E-state index contributed by atoms with van der Waals surface area (Å²) < 4.78 is 5.39. The first kappa shape index (κ1) is 27.0. The molecular formula is C31H35ClN4O3. The van der Waals surface area contributed by atoms with Crippen molar-refractivity contribution in [3.8, 4) is 5.75 Å². The van der Waals surface area contributed by atoms with Crippen LogP contribution < -0.4 is 20.3 Å². The second kappa shape index (κ2) is 11.7. The summed E-state index contributed by atoms with van der Waals surface area (Å²) in [4.78, 5) is 33.0. The predicted molar refractivity (Wildman–Crippen MR) is 154 cm³/mol. The van der Waals surface area contributed by atoms with Crippen LogP contribution in [-0.2, 0) is 0 Å². The Morgan fingerprint density at radius 3 is 2.59 bits per heavy atom. The minimum absolute atomic E-state index is 0.0529. The van der Waals surface area contributed by atoms with Crippen LogP contribution in [0.3, 0.4) is 0 Å². The van der Waals surface area contributed by atoms with Gasteiger partial charge in [-0.15, -0.1) is 0 Å². The molecule has 0 radical (unpaired) electrons. The fourth-order valence-electron chi connectivity index (χ4n) is 6.04. The molecule has 5 rings (SSSR count). The molecule has 0 bridgehead atoms. The van der Waals surface area contributed by atoms with Crippen molar-refractivity contribution in [2.45, 2.75) is 57.7 Å². The summed E-state index contributed by atoms with van der Waals surface area (Å²) in [5.74, 6) is 1.88. The molecule has 1 saturated heterocycles. The number of nitrogens with one attached hydrogen (secondary N) is 2. The van der Waals surface area contributed by atoms with E-state index in [1.807, 2.05) is 68.4 Å². The number of piperidine rings is 1. The van der Waals surface area contributed by atoms with Crippen molar-refractivity contribution in [1.82, 2.24) is 15.6 Å². The molecule has 8 heteroatoms. The highest BCUT2D eigenvalue weighted by Crippen LogP contribution is 2.39. The van der Waals surface area contributed by atoms with Gasteiger partial charge in [-0.2, -0.15) is 0 Å². The number of hydrogen-bond donors (Lipinski definition) is 2. The molecule has 0 spiro atoms. The molecule has 2 aliphatic rings. The molecule has 2 heterocycles. The number of methoxy groups -OCH3 is 1. The summed E-state index contributed by atoms with van der Waals surface area (Å²) in [5, 5.41) is 6.97. The molecule has 1 saturated carbocycles. The first-order valence-corrected chi connectivity index (χ1v) is 14.0. The van der Waals surface area contributed by atoms with Gasteiger partial charge in [-0.1, -0.05) is 29.8 Å². The molecular weight excluding hydrogens is 512 g/mol. The van der Waals surface area contributed by atoms with Crippen LogP contribution >= 0.6 is 11.6 Å². The molecule has 1 aliphatic carbocycles. The quantitative estimate of drug-likeness (QED) is 0.396. The maximum Gasteiger partial charge on any atom is 0.253 e. The van der Waals surface area contributed by atoms with Crippen LogP contribution in [0.2, 0.25) is 5.02 Å². The minimum atomic E-state index is -0.163. The van der Waals surface area contributed by atoms with E-state index in [9.17, 15) is 9.59 Å². The van der Waals surface area contributed by atoms with Crippen LogP contribution in [0.4, 0.5) is 5.82 Å². The van der Waals surface area contributed by atoms with E-state index in [1.165, 1.54) is 0 Å². The van der Waals surface area contributed by atoms with Gasteiger partial charge >= 0.3 is 0 Å². The summed E-state index contributed by atoms with van der Waals surface area (Å²) >= 11 is 5.98. The number of benzene rings is 2. The number of amides is 2. The number of pyridine rings is 1. The molecule has 1 aliphatic heterocycles. The highest BCUT2D eigenvalue weighted by Gasteiger charge is 2.41. The third kappa shape index (κ3) is 5.88. The molecule has 3 unspecified atom stereocenters. The van der Waals surface area contributed by atoms with E-state index >= 15 is 0 Å². The van der Waals surface area contributed by atoms with E-state index in [2.05, 4.69) is 20.5 Å². The van der Waals surface area contributed by atoms with Crippen LogP contribution in [0.5, 0.6) is 5.75 Å². The van der Waals surface area contributed by atoms with Gasteiger partial charge in [0.15, 0.2) is 0 Å². The van der Waals surface area contributed by atoms with Gasteiger partial charge in [-0.25, -0.2) is 4.98 Å². The van der Waals surface area contributed by atoms with Crippen molar-refractivity contribution in [3.63, 3.8) is 0 Å². The number of hydrogen-bond acceptors (Lipinski definition) is 5. The van der Waals surface area contributed by atoms with E-state index in [-0.39, 0.29) is 23.9 Å². The maximum absolute atomic E-state index is 13.1. The number of carbonyl (C=O) groups is 2. The number of ether oxygens (including phenoxy) is 1. The number of carbonyl (C=O) groups excluding carboxylic acids is 2. The Morgan fingerprint density at radius 2 is 1.87 bits per heavy atom. The fraction of sp³-hybridized carbons (Fsp3) is 0.387. The van der Waals surface area contributed by atoms with Crippen molar-refractivity contribution in [1.29, 1.82) is 0 Å². The fourth-order valence-corrected chi connectivity index (χ4v) is 6.16. The molecule has 2 fully saturated rings. The Morgan fingerprint density at radius 1 is 1.08 bits per heavy atom. The summed E-state index contributed by atoms with van der Waals surface area (Å²) in [6.45, 7) is 4.78. The van der Waals surface area contributed by atoms with Crippen molar-refractivity contribution >= 4 is 29.2 Å². The van der Waals surface area contributed by atoms with Gasteiger partial charge in [0.2, 0.25) is 0 Å². The number of halogens is 1. The van der Waals surface area contributed by atoms with Gasteiger partial charge < -0.3 is 20.3 Å². The normalized spacial score (nSPS) is 21.1. The Kier molecular flexibility index (Phi) is 8.07. The lowest BCUT2D eigenvalue weighted by Gasteiger charge is -2.38. The van der Waals surface area contributed by atoms with E-state index in [0.717, 1.165) is 54.9 Å². The molecule has 2 amide bonds. The summed E-state index contributed by atoms with van der Waals surface area (Å²) in [5.41, 5.74) is 3.02. The van der Waals surface area contributed by atoms with Crippen molar-refractivity contribution in [2.75, 3.05) is 18.6 Å². The Hall–Kier alpha value is -3.58. The van der Waals surface area contributed by atoms with E-state index in [1.54, 1.807) is 13.3 Å². The first-order valence-electron chi connectivity index (χ1n) is 13.6. The van der Waals surface area contributed by atoms with Crippen molar-refractivity contribution < 1.29 is 14.3 Å². The second-order valence-electron chi connectivity index (χ2n) is 10.6. The molecule has 4 atom stereocenters. The number of nitrogens with zero attached hydrogens (tertiary/aromatic N) is 2. The van der Waals surface area contributed by atoms with Gasteiger partial charge in [0, 0.05) is 41.0 Å². The molecule has 2 aromatic carbocycles. The number of anilines is 1. The Balaban J connectivity index is 1.22. The van der Waals surface area contributed by atoms with Crippen molar-refractivity contribution in [3.05, 3.63) is 88.1 Å². The van der Waals surface area contributed by atoms with Gasteiger partial charge in [0.1, 0.15) is 11.6 Å². The van der Waals surface area contributed by atoms with Crippen LogP contribution in [0, 0.1) is 12.8 Å². The summed E-state index contributed by atoms with van der Waals surface area (Å²) in [6.07, 6.45) is 5.72. The molecule has 3 aromatic rings. The van der Waals surface area contributed by atoms with Crippen LogP contribution in [0.15, 0.2) is 60.8 Å². The van der Waals surface area contributed by atoms with Crippen molar-refractivity contribution in [2.24, 2.45) is 5.92 Å². The topological polar surface area (TPSA) is 83.6 Å².